The quantitative estimate of drug-likeness (QED) is 0.795. The Balaban J connectivity index is 0.00000288. The van der Waals surface area contributed by atoms with Crippen molar-refractivity contribution in [3.8, 4) is 0 Å². The van der Waals surface area contributed by atoms with Crippen LogP contribution in [0.5, 0.6) is 0 Å². The van der Waals surface area contributed by atoms with E-state index in [1.54, 1.807) is 0 Å². The third-order valence-corrected chi connectivity index (χ3v) is 4.35. The van der Waals surface area contributed by atoms with Crippen LogP contribution < -0.4 is 5.32 Å². The predicted octanol–water partition coefficient (Wildman–Crippen LogP) is 1.95. The summed E-state index contributed by atoms with van der Waals surface area (Å²) >= 11 is 0. The summed E-state index contributed by atoms with van der Waals surface area (Å²) in [5.41, 5.74) is 1.97. The number of hydrogen-bond donors (Lipinski definition) is 1. The molecule has 0 aliphatic carbocycles. The molecular weight excluding hydrogens is 326 g/mol. The van der Waals surface area contributed by atoms with Crippen LogP contribution >= 0.6 is 12.4 Å². The fraction of sp³-hybridized carbons (Fsp3) is 0.556. The summed E-state index contributed by atoms with van der Waals surface area (Å²) in [7, 11) is 1.89. The highest BCUT2D eigenvalue weighted by atomic mass is 35.5. The average molecular weight is 354 g/mol. The first-order valence-electron chi connectivity index (χ1n) is 8.46. The van der Waals surface area contributed by atoms with Crippen LogP contribution in [0.2, 0.25) is 0 Å². The number of carbonyl (C=O) groups excluding carboxylic acids is 2. The lowest BCUT2D eigenvalue weighted by Gasteiger charge is -2.35. The normalized spacial score (nSPS) is 14.2. The van der Waals surface area contributed by atoms with E-state index in [1.807, 2.05) is 41.1 Å². The molecule has 1 aliphatic rings. The van der Waals surface area contributed by atoms with E-state index in [0.717, 1.165) is 24.9 Å². The highest BCUT2D eigenvalue weighted by Crippen LogP contribution is 2.11. The molecule has 0 saturated carbocycles. The van der Waals surface area contributed by atoms with Gasteiger partial charge in [0.25, 0.3) is 5.91 Å². The van der Waals surface area contributed by atoms with Gasteiger partial charge in [-0.1, -0.05) is 19.1 Å². The smallest absolute Gasteiger partial charge is 0.253 e. The van der Waals surface area contributed by atoms with Gasteiger partial charge in [0.1, 0.15) is 0 Å². The number of carbonyl (C=O) groups is 2. The third-order valence-electron chi connectivity index (χ3n) is 4.35. The maximum absolute atomic E-state index is 12.5. The lowest BCUT2D eigenvalue weighted by molar-refractivity contribution is -0.132. The molecule has 0 radical (unpaired) electrons. The van der Waals surface area contributed by atoms with E-state index in [1.165, 1.54) is 5.56 Å². The van der Waals surface area contributed by atoms with Gasteiger partial charge in [-0.2, -0.15) is 0 Å². The van der Waals surface area contributed by atoms with Gasteiger partial charge in [0.2, 0.25) is 5.91 Å². The minimum atomic E-state index is 0. The number of amides is 2. The molecule has 1 saturated heterocycles. The van der Waals surface area contributed by atoms with Crippen molar-refractivity contribution in [3.05, 3.63) is 35.4 Å². The van der Waals surface area contributed by atoms with Crippen molar-refractivity contribution in [3.63, 3.8) is 0 Å². The molecule has 1 aliphatic heterocycles. The highest BCUT2D eigenvalue weighted by molar-refractivity contribution is 5.94. The van der Waals surface area contributed by atoms with Gasteiger partial charge in [-0.15, -0.1) is 12.4 Å². The second-order valence-electron chi connectivity index (χ2n) is 5.93. The summed E-state index contributed by atoms with van der Waals surface area (Å²) < 4.78 is 0. The molecule has 0 unspecified atom stereocenters. The van der Waals surface area contributed by atoms with Crippen molar-refractivity contribution >= 4 is 24.2 Å². The summed E-state index contributed by atoms with van der Waals surface area (Å²) in [6, 6.07) is 7.82. The average Bonchev–Trinajstić information content (AvgIpc) is 2.61. The number of nitrogens with one attached hydrogen (secondary N) is 1. The Hall–Kier alpha value is -1.59. The molecular formula is C18H28ClN3O2. The number of nitrogens with zero attached hydrogens (tertiary/aromatic N) is 2. The van der Waals surface area contributed by atoms with Crippen LogP contribution in [0.4, 0.5) is 0 Å². The van der Waals surface area contributed by atoms with E-state index in [-0.39, 0.29) is 24.2 Å². The van der Waals surface area contributed by atoms with Gasteiger partial charge in [-0.05, 0) is 44.1 Å². The van der Waals surface area contributed by atoms with Crippen molar-refractivity contribution in [1.82, 2.24) is 15.1 Å². The Kier molecular flexibility index (Phi) is 8.79. The fourth-order valence-electron chi connectivity index (χ4n) is 2.80. The van der Waals surface area contributed by atoms with Crippen LogP contribution in [0.25, 0.3) is 0 Å². The van der Waals surface area contributed by atoms with E-state index >= 15 is 0 Å². The Morgan fingerprint density at radius 1 is 1.04 bits per heavy atom. The number of rotatable bonds is 6. The van der Waals surface area contributed by atoms with Gasteiger partial charge in [0, 0.05) is 38.2 Å². The van der Waals surface area contributed by atoms with E-state index in [9.17, 15) is 9.59 Å². The standard InChI is InChI=1S/C18H27N3O2.ClH/c1-3-15-6-8-16(9-7-15)18(23)21-13-11-20(12-14-21)17(22)5-4-10-19-2;/h6-9,19H,3-5,10-14H2,1-2H3;1H. The summed E-state index contributed by atoms with van der Waals surface area (Å²) in [4.78, 5) is 28.3. The van der Waals surface area contributed by atoms with E-state index in [4.69, 9.17) is 0 Å². The SMILES string of the molecule is CCc1ccc(C(=O)N2CCN(C(=O)CCCNC)CC2)cc1.Cl. The first-order chi connectivity index (χ1) is 11.2. The zero-order valence-corrected chi connectivity index (χ0v) is 15.4. The molecule has 5 nitrogen and oxygen atoms in total. The Bertz CT molecular complexity index is 526. The second kappa shape index (κ2) is 10.3. The second-order valence-corrected chi connectivity index (χ2v) is 5.93. The largest absolute Gasteiger partial charge is 0.339 e. The van der Waals surface area contributed by atoms with E-state index in [2.05, 4.69) is 12.2 Å². The third kappa shape index (κ3) is 5.49. The summed E-state index contributed by atoms with van der Waals surface area (Å²) in [6.45, 7) is 5.47. The molecule has 0 aromatic heterocycles. The van der Waals surface area contributed by atoms with Crippen molar-refractivity contribution < 1.29 is 9.59 Å². The van der Waals surface area contributed by atoms with Crippen molar-refractivity contribution in [1.29, 1.82) is 0 Å². The van der Waals surface area contributed by atoms with Crippen LogP contribution in [-0.2, 0) is 11.2 Å². The zero-order chi connectivity index (χ0) is 16.7. The van der Waals surface area contributed by atoms with Gasteiger partial charge in [-0.3, -0.25) is 9.59 Å². The zero-order valence-electron chi connectivity index (χ0n) is 14.6. The summed E-state index contributed by atoms with van der Waals surface area (Å²) in [6.07, 6.45) is 2.41. The molecule has 0 bridgehead atoms. The number of halogens is 1. The number of aryl methyl sites for hydroxylation is 1. The van der Waals surface area contributed by atoms with Crippen LogP contribution in [0, 0.1) is 0 Å². The molecule has 1 aromatic rings. The predicted molar refractivity (Wildman–Crippen MR) is 98.7 cm³/mol. The van der Waals surface area contributed by atoms with Crippen molar-refractivity contribution in [2.24, 2.45) is 0 Å². The molecule has 1 fully saturated rings. The molecule has 2 amide bonds. The van der Waals surface area contributed by atoms with Gasteiger partial charge in [0.05, 0.1) is 0 Å². The minimum Gasteiger partial charge on any atom is -0.339 e. The lowest BCUT2D eigenvalue weighted by Crippen LogP contribution is -2.50. The molecule has 0 atom stereocenters. The maximum Gasteiger partial charge on any atom is 0.253 e. The molecule has 1 aromatic carbocycles. The van der Waals surface area contributed by atoms with Crippen molar-refractivity contribution in [2.75, 3.05) is 39.8 Å². The van der Waals surface area contributed by atoms with Crippen molar-refractivity contribution in [2.45, 2.75) is 26.2 Å². The van der Waals surface area contributed by atoms with Gasteiger partial charge in [0.15, 0.2) is 0 Å². The lowest BCUT2D eigenvalue weighted by atomic mass is 10.1. The molecule has 6 heteroatoms. The van der Waals surface area contributed by atoms with Gasteiger partial charge >= 0.3 is 0 Å². The van der Waals surface area contributed by atoms with Crippen LogP contribution in [-0.4, -0.2) is 61.4 Å². The summed E-state index contributed by atoms with van der Waals surface area (Å²) in [5.74, 6) is 0.259. The first-order valence-corrected chi connectivity index (χ1v) is 8.46. The number of benzene rings is 1. The Morgan fingerprint density at radius 3 is 2.17 bits per heavy atom. The van der Waals surface area contributed by atoms with E-state index < -0.39 is 0 Å². The van der Waals surface area contributed by atoms with Crippen LogP contribution in [0.3, 0.4) is 0 Å². The molecule has 1 N–H and O–H groups in total. The minimum absolute atomic E-state index is 0. The van der Waals surface area contributed by atoms with E-state index in [0.29, 0.717) is 32.6 Å². The Morgan fingerprint density at radius 2 is 1.62 bits per heavy atom. The van der Waals surface area contributed by atoms with Crippen LogP contribution in [0.1, 0.15) is 35.7 Å². The topological polar surface area (TPSA) is 52.7 Å². The Labute approximate surface area is 150 Å². The molecule has 134 valence electrons. The molecule has 2 rings (SSSR count). The van der Waals surface area contributed by atoms with Gasteiger partial charge in [-0.25, -0.2) is 0 Å². The fourth-order valence-corrected chi connectivity index (χ4v) is 2.80. The summed E-state index contributed by atoms with van der Waals surface area (Å²) in [5, 5.41) is 3.05. The first kappa shape index (κ1) is 20.5. The van der Waals surface area contributed by atoms with Gasteiger partial charge < -0.3 is 15.1 Å². The maximum atomic E-state index is 12.5. The molecule has 0 spiro atoms. The number of hydrogen-bond acceptors (Lipinski definition) is 3. The monoisotopic (exact) mass is 353 g/mol. The molecule has 24 heavy (non-hydrogen) atoms. The highest BCUT2D eigenvalue weighted by Gasteiger charge is 2.24. The van der Waals surface area contributed by atoms with Crippen LogP contribution in [0.15, 0.2) is 24.3 Å². The number of piperazine rings is 1. The molecule has 1 heterocycles.